The van der Waals surface area contributed by atoms with Gasteiger partial charge in [0.15, 0.2) is 11.5 Å². The second kappa shape index (κ2) is 4.67. The average Bonchev–Trinajstić information content (AvgIpc) is 2.87. The lowest BCUT2D eigenvalue weighted by Crippen LogP contribution is -2.21. The third kappa shape index (κ3) is 2.00. The van der Waals surface area contributed by atoms with E-state index in [-0.39, 0.29) is 25.4 Å². The summed E-state index contributed by atoms with van der Waals surface area (Å²) in [4.78, 5) is 0. The van der Waals surface area contributed by atoms with E-state index < -0.39 is 0 Å². The van der Waals surface area contributed by atoms with Gasteiger partial charge < -0.3 is 19.3 Å². The smallest absolute Gasteiger partial charge is 0.267 e. The van der Waals surface area contributed by atoms with Crippen molar-refractivity contribution in [2.24, 2.45) is 0 Å². The second-order valence-corrected chi connectivity index (χ2v) is 4.90. The average molecular weight is 259 g/mol. The Bertz CT molecular complexity index is 551. The first-order valence-corrected chi connectivity index (χ1v) is 6.36. The van der Waals surface area contributed by atoms with Crippen LogP contribution in [0.15, 0.2) is 6.07 Å². The second-order valence-electron chi connectivity index (χ2n) is 4.90. The van der Waals surface area contributed by atoms with Gasteiger partial charge in [0.2, 0.25) is 6.79 Å². The summed E-state index contributed by atoms with van der Waals surface area (Å²) in [6, 6.07) is 1.59. The molecule has 1 unspecified atom stereocenters. The van der Waals surface area contributed by atoms with Crippen molar-refractivity contribution >= 4 is 6.71 Å². The molecule has 5 nitrogen and oxygen atoms in total. The predicted molar refractivity (Wildman–Crippen MR) is 68.7 cm³/mol. The number of rotatable bonds is 2. The van der Waals surface area contributed by atoms with Gasteiger partial charge in [-0.3, -0.25) is 0 Å². The molecule has 0 aliphatic carbocycles. The molecule has 0 fully saturated rings. The van der Waals surface area contributed by atoms with E-state index >= 15 is 0 Å². The zero-order valence-electron chi connectivity index (χ0n) is 10.7. The van der Waals surface area contributed by atoms with Crippen LogP contribution in [-0.2, 0) is 11.2 Å². The van der Waals surface area contributed by atoms with Gasteiger partial charge >= 0.3 is 0 Å². The molecule has 2 heterocycles. The fourth-order valence-electron chi connectivity index (χ4n) is 2.64. The fourth-order valence-corrected chi connectivity index (χ4v) is 2.64. The van der Waals surface area contributed by atoms with Crippen LogP contribution in [0.4, 0.5) is 0 Å². The van der Waals surface area contributed by atoms with Crippen LogP contribution in [0.25, 0.3) is 0 Å². The molecule has 0 aromatic heterocycles. The maximum absolute atomic E-state index is 10.1. The Kier molecular flexibility index (Phi) is 2.99. The van der Waals surface area contributed by atoms with E-state index in [4.69, 9.17) is 19.5 Å². The largest absolute Gasteiger partial charge is 0.508 e. The van der Waals surface area contributed by atoms with Crippen LogP contribution in [-0.4, -0.2) is 25.2 Å². The molecule has 0 bridgehead atoms. The predicted octanol–water partition coefficient (Wildman–Crippen LogP) is 1.92. The lowest BCUT2D eigenvalue weighted by Gasteiger charge is -2.28. The first-order valence-electron chi connectivity index (χ1n) is 6.36. The minimum absolute atomic E-state index is 0.115. The highest BCUT2D eigenvalue weighted by molar-refractivity contribution is 6.65. The molecule has 6 heteroatoms. The van der Waals surface area contributed by atoms with Crippen molar-refractivity contribution in [3.05, 3.63) is 17.2 Å². The number of nitrogens with zero attached hydrogens (tertiary/aromatic N) is 1. The third-order valence-corrected chi connectivity index (χ3v) is 3.57. The van der Waals surface area contributed by atoms with E-state index in [9.17, 15) is 5.11 Å². The van der Waals surface area contributed by atoms with Gasteiger partial charge in [-0.1, -0.05) is 6.82 Å². The topological polar surface area (TPSA) is 71.7 Å². The van der Waals surface area contributed by atoms with E-state index in [0.717, 1.165) is 11.1 Å². The third-order valence-electron chi connectivity index (χ3n) is 3.57. The Hall–Kier alpha value is -1.87. The normalized spacial score (nSPS) is 19.7. The van der Waals surface area contributed by atoms with Crippen molar-refractivity contribution in [2.75, 3.05) is 13.4 Å². The minimum Gasteiger partial charge on any atom is -0.508 e. The van der Waals surface area contributed by atoms with Crippen molar-refractivity contribution in [1.82, 2.24) is 0 Å². The van der Waals surface area contributed by atoms with Gasteiger partial charge in [-0.2, -0.15) is 0 Å². The highest BCUT2D eigenvalue weighted by atomic mass is 16.7. The van der Waals surface area contributed by atoms with Gasteiger partial charge in [0, 0.05) is 23.2 Å². The molecule has 0 saturated carbocycles. The van der Waals surface area contributed by atoms with Crippen molar-refractivity contribution in [1.29, 1.82) is 5.26 Å². The summed E-state index contributed by atoms with van der Waals surface area (Å²) in [5, 5.41) is 19.0. The van der Waals surface area contributed by atoms with Gasteiger partial charge in [0.05, 0.1) is 12.7 Å². The molecule has 0 radical (unpaired) electrons. The van der Waals surface area contributed by atoms with E-state index in [1.165, 1.54) is 0 Å². The summed E-state index contributed by atoms with van der Waals surface area (Å²) in [5.41, 5.74) is 1.70. The molecular formula is C13H14BNO4. The Labute approximate surface area is 111 Å². The Morgan fingerprint density at radius 2 is 2.37 bits per heavy atom. The van der Waals surface area contributed by atoms with E-state index in [2.05, 4.69) is 5.97 Å². The Balaban J connectivity index is 2.05. The molecule has 1 N–H and O–H groups in total. The molecule has 0 amide bonds. The van der Waals surface area contributed by atoms with Gasteiger partial charge in [0.25, 0.3) is 6.71 Å². The molecule has 1 atom stereocenters. The zero-order chi connectivity index (χ0) is 13.4. The highest BCUT2D eigenvalue weighted by Gasteiger charge is 2.33. The number of phenolic OH excluding ortho intramolecular Hbond substituents is 1. The van der Waals surface area contributed by atoms with Gasteiger partial charge in [0.1, 0.15) is 5.75 Å². The van der Waals surface area contributed by atoms with Crippen molar-refractivity contribution in [2.45, 2.75) is 25.7 Å². The van der Waals surface area contributed by atoms with E-state index in [0.29, 0.717) is 30.8 Å². The maximum Gasteiger partial charge on any atom is 0.267 e. The van der Waals surface area contributed by atoms with Gasteiger partial charge in [-0.05, 0) is 12.7 Å². The van der Waals surface area contributed by atoms with Crippen LogP contribution >= 0.6 is 0 Å². The number of aromatic hydroxyl groups is 1. The minimum atomic E-state index is -0.221. The quantitative estimate of drug-likeness (QED) is 0.821. The first kappa shape index (κ1) is 12.2. The summed E-state index contributed by atoms with van der Waals surface area (Å²) in [6.07, 6.45) is 1.01. The molecule has 0 saturated heterocycles. The van der Waals surface area contributed by atoms with E-state index in [1.807, 2.05) is 6.82 Å². The molecule has 1 aromatic carbocycles. The Morgan fingerprint density at radius 3 is 3.16 bits per heavy atom. The van der Waals surface area contributed by atoms with Crippen LogP contribution in [0.5, 0.6) is 17.2 Å². The molecule has 3 rings (SSSR count). The number of nitriles is 1. The Morgan fingerprint density at radius 1 is 1.53 bits per heavy atom. The molecule has 2 aliphatic rings. The van der Waals surface area contributed by atoms with Crippen LogP contribution in [0.1, 0.15) is 17.2 Å². The standard InChI is InChI=1S/C13H14BNO4/c1-14(6-15)5-11-12-8(2-3-17-11)9(16)4-10-13(12)19-7-18-10/h4,11,16H,2-3,5,7H2,1H3. The number of ether oxygens (including phenoxy) is 3. The number of phenols is 1. The molecule has 19 heavy (non-hydrogen) atoms. The van der Waals surface area contributed by atoms with Crippen molar-refractivity contribution in [3.63, 3.8) is 0 Å². The van der Waals surface area contributed by atoms with Crippen LogP contribution in [0.2, 0.25) is 13.1 Å². The summed E-state index contributed by atoms with van der Waals surface area (Å²) in [7, 11) is 0. The highest BCUT2D eigenvalue weighted by Crippen LogP contribution is 2.48. The summed E-state index contributed by atoms with van der Waals surface area (Å²) in [5.74, 6) is 3.64. The monoisotopic (exact) mass is 259 g/mol. The molecule has 98 valence electrons. The van der Waals surface area contributed by atoms with Crippen LogP contribution in [0.3, 0.4) is 0 Å². The first-order chi connectivity index (χ1) is 9.20. The summed E-state index contributed by atoms with van der Waals surface area (Å²) < 4.78 is 16.6. The molecule has 0 spiro atoms. The maximum atomic E-state index is 10.1. The van der Waals surface area contributed by atoms with Gasteiger partial charge in [-0.15, -0.1) is 0 Å². The summed E-state index contributed by atoms with van der Waals surface area (Å²) >= 11 is 0. The number of hydrogen-bond donors (Lipinski definition) is 1. The number of fused-ring (bicyclic) bond motifs is 3. The zero-order valence-corrected chi connectivity index (χ0v) is 10.7. The fraction of sp³-hybridized carbons (Fsp3) is 0.462. The van der Waals surface area contributed by atoms with Gasteiger partial charge in [-0.25, -0.2) is 5.26 Å². The number of hydrogen-bond acceptors (Lipinski definition) is 5. The van der Waals surface area contributed by atoms with Crippen LogP contribution < -0.4 is 9.47 Å². The van der Waals surface area contributed by atoms with Crippen molar-refractivity contribution < 1.29 is 19.3 Å². The lowest BCUT2D eigenvalue weighted by atomic mass is 9.49. The molecule has 1 aromatic rings. The lowest BCUT2D eigenvalue weighted by molar-refractivity contribution is 0.0519. The SMILES string of the molecule is CB(C#N)CC1OCCc2c(O)cc3c(c21)OCO3. The van der Waals surface area contributed by atoms with Crippen molar-refractivity contribution in [3.8, 4) is 23.2 Å². The van der Waals surface area contributed by atoms with E-state index in [1.54, 1.807) is 6.07 Å². The molecule has 2 aliphatic heterocycles. The molecular weight excluding hydrogens is 245 g/mol. The number of benzene rings is 1. The van der Waals surface area contributed by atoms with Crippen LogP contribution in [0, 0.1) is 11.2 Å². The summed E-state index contributed by atoms with van der Waals surface area (Å²) in [6.45, 7) is 2.45.